The van der Waals surface area contributed by atoms with Gasteiger partial charge in [-0.15, -0.1) is 0 Å². The number of aliphatic hydroxyl groups excluding tert-OH is 1. The van der Waals surface area contributed by atoms with Gasteiger partial charge in [0.1, 0.15) is 5.75 Å². The zero-order valence-corrected chi connectivity index (χ0v) is 13.0. The van der Waals surface area contributed by atoms with Crippen molar-refractivity contribution in [2.45, 2.75) is 13.0 Å². The molecule has 0 fully saturated rings. The molecule has 19 heavy (non-hydrogen) atoms. The summed E-state index contributed by atoms with van der Waals surface area (Å²) in [6.45, 7) is 1.64. The van der Waals surface area contributed by atoms with Gasteiger partial charge in [-0.2, -0.15) is 0 Å². The SMILES string of the molecule is CC(O)c1cccnc1Oc1cc(Cl)c(Br)cc1Cl. The lowest BCUT2D eigenvalue weighted by Crippen LogP contribution is -1.98. The molecule has 6 heteroatoms. The Labute approximate surface area is 129 Å². The number of nitrogens with zero attached hydrogens (tertiary/aromatic N) is 1. The molecular weight excluding hydrogens is 353 g/mol. The van der Waals surface area contributed by atoms with Crippen molar-refractivity contribution >= 4 is 39.1 Å². The molecule has 2 aromatic rings. The molecule has 1 N–H and O–H groups in total. The van der Waals surface area contributed by atoms with E-state index < -0.39 is 6.10 Å². The van der Waals surface area contributed by atoms with E-state index in [1.54, 1.807) is 37.4 Å². The predicted molar refractivity (Wildman–Crippen MR) is 79.1 cm³/mol. The number of halogens is 3. The Kier molecular flexibility index (Phi) is 4.68. The number of hydrogen-bond acceptors (Lipinski definition) is 3. The highest BCUT2D eigenvalue weighted by Crippen LogP contribution is 2.37. The monoisotopic (exact) mass is 361 g/mol. The van der Waals surface area contributed by atoms with Gasteiger partial charge in [0.05, 0.1) is 16.1 Å². The highest BCUT2D eigenvalue weighted by Gasteiger charge is 2.13. The van der Waals surface area contributed by atoms with E-state index in [4.69, 9.17) is 27.9 Å². The molecule has 1 unspecified atom stereocenters. The lowest BCUT2D eigenvalue weighted by Gasteiger charge is -2.13. The summed E-state index contributed by atoms with van der Waals surface area (Å²) in [7, 11) is 0. The molecule has 0 bridgehead atoms. The fraction of sp³-hybridized carbons (Fsp3) is 0.154. The van der Waals surface area contributed by atoms with Crippen LogP contribution >= 0.6 is 39.1 Å². The van der Waals surface area contributed by atoms with E-state index in [-0.39, 0.29) is 0 Å². The highest BCUT2D eigenvalue weighted by molar-refractivity contribution is 9.10. The van der Waals surface area contributed by atoms with E-state index in [0.29, 0.717) is 31.7 Å². The van der Waals surface area contributed by atoms with Gasteiger partial charge < -0.3 is 9.84 Å². The summed E-state index contributed by atoms with van der Waals surface area (Å²) in [4.78, 5) is 4.09. The maximum atomic E-state index is 9.66. The van der Waals surface area contributed by atoms with Gasteiger partial charge in [0.25, 0.3) is 0 Å². The summed E-state index contributed by atoms with van der Waals surface area (Å²) in [5.41, 5.74) is 0.581. The van der Waals surface area contributed by atoms with Crippen LogP contribution in [0.25, 0.3) is 0 Å². The molecular formula is C13H10BrCl2NO2. The van der Waals surface area contributed by atoms with Crippen LogP contribution in [0.3, 0.4) is 0 Å². The Hall–Kier alpha value is -0.810. The minimum absolute atomic E-state index is 0.304. The topological polar surface area (TPSA) is 42.4 Å². The first-order chi connectivity index (χ1) is 8.99. The maximum Gasteiger partial charge on any atom is 0.225 e. The van der Waals surface area contributed by atoms with Crippen molar-refractivity contribution in [1.29, 1.82) is 0 Å². The number of hydrogen-bond donors (Lipinski definition) is 1. The number of aliphatic hydroxyl groups is 1. The van der Waals surface area contributed by atoms with E-state index in [1.165, 1.54) is 0 Å². The van der Waals surface area contributed by atoms with Crippen LogP contribution in [-0.2, 0) is 0 Å². The van der Waals surface area contributed by atoms with Crippen molar-refractivity contribution in [1.82, 2.24) is 4.98 Å². The van der Waals surface area contributed by atoms with Gasteiger partial charge in [-0.1, -0.05) is 23.2 Å². The summed E-state index contributed by atoms with van der Waals surface area (Å²) >= 11 is 15.4. The zero-order valence-electron chi connectivity index (χ0n) is 9.90. The van der Waals surface area contributed by atoms with Crippen LogP contribution < -0.4 is 4.74 Å². The van der Waals surface area contributed by atoms with E-state index in [9.17, 15) is 5.11 Å². The van der Waals surface area contributed by atoms with Crippen LogP contribution in [0, 0.1) is 0 Å². The molecule has 1 aromatic carbocycles. The van der Waals surface area contributed by atoms with Crippen molar-refractivity contribution in [2.75, 3.05) is 0 Å². The first-order valence-electron chi connectivity index (χ1n) is 5.44. The first-order valence-corrected chi connectivity index (χ1v) is 6.99. The Balaban J connectivity index is 2.39. The predicted octanol–water partition coefficient (Wildman–Crippen LogP) is 5.00. The van der Waals surface area contributed by atoms with Gasteiger partial charge in [0, 0.05) is 22.3 Å². The quantitative estimate of drug-likeness (QED) is 0.781. The average Bonchev–Trinajstić information content (AvgIpc) is 2.36. The first kappa shape index (κ1) is 14.6. The van der Waals surface area contributed by atoms with Crippen molar-refractivity contribution in [2.24, 2.45) is 0 Å². The van der Waals surface area contributed by atoms with Crippen molar-refractivity contribution in [3.05, 3.63) is 50.5 Å². The van der Waals surface area contributed by atoms with Gasteiger partial charge >= 0.3 is 0 Å². The molecule has 0 aliphatic rings. The summed E-state index contributed by atoms with van der Waals surface area (Å²) in [6.07, 6.45) is 0.892. The fourth-order valence-corrected chi connectivity index (χ4v) is 2.32. The molecule has 3 nitrogen and oxygen atoms in total. The van der Waals surface area contributed by atoms with Gasteiger partial charge in [0.2, 0.25) is 5.88 Å². The van der Waals surface area contributed by atoms with E-state index >= 15 is 0 Å². The summed E-state index contributed by atoms with van der Waals surface area (Å²) in [6, 6.07) is 6.70. The summed E-state index contributed by atoms with van der Waals surface area (Å²) in [5.74, 6) is 0.688. The molecule has 0 saturated heterocycles. The van der Waals surface area contributed by atoms with Crippen LogP contribution in [0.5, 0.6) is 11.6 Å². The second-order valence-electron chi connectivity index (χ2n) is 3.87. The van der Waals surface area contributed by atoms with Crippen LogP contribution in [0.15, 0.2) is 34.9 Å². The minimum Gasteiger partial charge on any atom is -0.437 e. The molecule has 0 spiro atoms. The van der Waals surface area contributed by atoms with E-state index in [0.717, 1.165) is 0 Å². The second-order valence-corrected chi connectivity index (χ2v) is 5.54. The van der Waals surface area contributed by atoms with Crippen molar-refractivity contribution in [3.8, 4) is 11.6 Å². The van der Waals surface area contributed by atoms with Crippen LogP contribution in [0.2, 0.25) is 10.0 Å². The Morgan fingerprint density at radius 2 is 2.05 bits per heavy atom. The Bertz CT molecular complexity index is 605. The van der Waals surface area contributed by atoms with Crippen LogP contribution in [0.4, 0.5) is 0 Å². The number of rotatable bonds is 3. The lowest BCUT2D eigenvalue weighted by molar-refractivity contribution is 0.194. The van der Waals surface area contributed by atoms with Crippen LogP contribution in [-0.4, -0.2) is 10.1 Å². The molecule has 100 valence electrons. The third kappa shape index (κ3) is 3.39. The normalized spacial score (nSPS) is 12.3. The molecule has 0 aliphatic heterocycles. The number of pyridine rings is 1. The number of aromatic nitrogens is 1. The lowest BCUT2D eigenvalue weighted by atomic mass is 10.2. The molecule has 2 rings (SSSR count). The molecule has 1 atom stereocenters. The molecule has 0 saturated carbocycles. The summed E-state index contributed by atoms with van der Waals surface area (Å²) < 4.78 is 6.31. The highest BCUT2D eigenvalue weighted by atomic mass is 79.9. The molecule has 1 heterocycles. The molecule has 0 radical (unpaired) electrons. The van der Waals surface area contributed by atoms with Gasteiger partial charge in [-0.3, -0.25) is 0 Å². The number of ether oxygens (including phenoxy) is 1. The Morgan fingerprint density at radius 3 is 2.74 bits per heavy atom. The molecule has 0 aliphatic carbocycles. The minimum atomic E-state index is -0.687. The van der Waals surface area contributed by atoms with Gasteiger partial charge in [-0.05, 0) is 41.1 Å². The second kappa shape index (κ2) is 6.09. The third-order valence-electron chi connectivity index (χ3n) is 2.43. The van der Waals surface area contributed by atoms with Crippen LogP contribution in [0.1, 0.15) is 18.6 Å². The van der Waals surface area contributed by atoms with Crippen molar-refractivity contribution in [3.63, 3.8) is 0 Å². The largest absolute Gasteiger partial charge is 0.437 e. The van der Waals surface area contributed by atoms with Crippen molar-refractivity contribution < 1.29 is 9.84 Å². The summed E-state index contributed by atoms with van der Waals surface area (Å²) in [5, 5.41) is 10.5. The van der Waals surface area contributed by atoms with Gasteiger partial charge in [-0.25, -0.2) is 4.98 Å². The molecule has 0 amide bonds. The smallest absolute Gasteiger partial charge is 0.225 e. The maximum absolute atomic E-state index is 9.66. The number of benzene rings is 1. The average molecular weight is 363 g/mol. The van der Waals surface area contributed by atoms with Gasteiger partial charge in [0.15, 0.2) is 0 Å². The zero-order chi connectivity index (χ0) is 14.0. The van der Waals surface area contributed by atoms with E-state index in [2.05, 4.69) is 20.9 Å². The standard InChI is InChI=1S/C13H10BrCl2NO2/c1-7(18)8-3-2-4-17-13(8)19-12-6-10(15)9(14)5-11(12)16/h2-7,18H,1H3. The van der Waals surface area contributed by atoms with E-state index in [1.807, 2.05) is 0 Å². The molecule has 1 aromatic heterocycles. The third-order valence-corrected chi connectivity index (χ3v) is 3.92. The fourth-order valence-electron chi connectivity index (χ4n) is 1.49. The Morgan fingerprint density at radius 1 is 1.32 bits per heavy atom.